The van der Waals surface area contributed by atoms with Crippen LogP contribution in [0.15, 0.2) is 0 Å². The molecule has 70 valence electrons. The highest BCUT2D eigenvalue weighted by molar-refractivity contribution is 5.12. The molecule has 2 rings (SSSR count). The molecular weight excluding hydrogens is 153 g/mol. The highest BCUT2D eigenvalue weighted by Crippen LogP contribution is 2.50. The molecule has 12 heavy (non-hydrogen) atoms. The van der Waals surface area contributed by atoms with Gasteiger partial charge in [-0.3, -0.25) is 4.90 Å². The second-order valence-corrected chi connectivity index (χ2v) is 5.02. The van der Waals surface area contributed by atoms with E-state index in [-0.39, 0.29) is 5.54 Å². The molecule has 0 amide bonds. The molecule has 2 heteroatoms. The van der Waals surface area contributed by atoms with Crippen molar-refractivity contribution < 1.29 is 4.39 Å². The van der Waals surface area contributed by atoms with Crippen LogP contribution >= 0.6 is 0 Å². The molecule has 2 fully saturated rings. The van der Waals surface area contributed by atoms with Crippen molar-refractivity contribution in [3.63, 3.8) is 0 Å². The van der Waals surface area contributed by atoms with Crippen molar-refractivity contribution in [3.8, 4) is 0 Å². The minimum Gasteiger partial charge on any atom is -0.294 e. The van der Waals surface area contributed by atoms with Gasteiger partial charge in [0.2, 0.25) is 0 Å². The van der Waals surface area contributed by atoms with Crippen LogP contribution in [-0.2, 0) is 0 Å². The zero-order chi connectivity index (χ0) is 8.98. The van der Waals surface area contributed by atoms with Crippen molar-refractivity contribution in [2.75, 3.05) is 13.1 Å². The first-order valence-corrected chi connectivity index (χ1v) is 4.90. The minimum atomic E-state index is -0.930. The molecule has 0 saturated carbocycles. The number of fused-ring (bicyclic) bond motifs is 1. The number of hydrogen-bond acceptors (Lipinski definition) is 1. The summed E-state index contributed by atoms with van der Waals surface area (Å²) in [5.74, 6) is 0.601. The van der Waals surface area contributed by atoms with Crippen molar-refractivity contribution >= 4 is 0 Å². The third-order valence-corrected chi connectivity index (χ3v) is 3.71. The van der Waals surface area contributed by atoms with E-state index in [0.717, 1.165) is 13.0 Å². The molecule has 2 unspecified atom stereocenters. The fraction of sp³-hybridized carbons (Fsp3) is 1.00. The van der Waals surface area contributed by atoms with Gasteiger partial charge in [-0.1, -0.05) is 13.8 Å². The molecule has 2 heterocycles. The van der Waals surface area contributed by atoms with Crippen molar-refractivity contribution in [2.24, 2.45) is 5.92 Å². The average molecular weight is 171 g/mol. The minimum absolute atomic E-state index is 0.226. The van der Waals surface area contributed by atoms with Crippen molar-refractivity contribution in [2.45, 2.75) is 44.8 Å². The normalized spacial score (nSPS) is 47.8. The van der Waals surface area contributed by atoms with Crippen molar-refractivity contribution in [1.82, 2.24) is 4.90 Å². The van der Waals surface area contributed by atoms with Gasteiger partial charge in [-0.05, 0) is 19.3 Å². The molecule has 2 aliphatic rings. The zero-order valence-corrected chi connectivity index (χ0v) is 8.23. The topological polar surface area (TPSA) is 3.24 Å². The molecule has 0 radical (unpaired) electrons. The van der Waals surface area contributed by atoms with Gasteiger partial charge in [-0.15, -0.1) is 0 Å². The van der Waals surface area contributed by atoms with E-state index >= 15 is 0 Å². The van der Waals surface area contributed by atoms with Crippen LogP contribution in [-0.4, -0.2) is 29.2 Å². The first-order valence-electron chi connectivity index (χ1n) is 4.90. The van der Waals surface area contributed by atoms with E-state index < -0.39 is 5.67 Å². The Balaban J connectivity index is 2.19. The average Bonchev–Trinajstić information content (AvgIpc) is 2.08. The summed E-state index contributed by atoms with van der Waals surface area (Å²) >= 11 is 0. The lowest BCUT2D eigenvalue weighted by Gasteiger charge is -2.51. The summed E-state index contributed by atoms with van der Waals surface area (Å²) in [7, 11) is 0. The van der Waals surface area contributed by atoms with Crippen LogP contribution in [0.25, 0.3) is 0 Å². The van der Waals surface area contributed by atoms with Crippen LogP contribution < -0.4 is 0 Å². The Morgan fingerprint density at radius 3 is 2.33 bits per heavy atom. The van der Waals surface area contributed by atoms with E-state index in [1.54, 1.807) is 6.92 Å². The van der Waals surface area contributed by atoms with Gasteiger partial charge in [0.1, 0.15) is 5.67 Å². The summed E-state index contributed by atoms with van der Waals surface area (Å²) in [5.41, 5.74) is -0.704. The van der Waals surface area contributed by atoms with Gasteiger partial charge in [0.15, 0.2) is 0 Å². The first kappa shape index (κ1) is 8.49. The van der Waals surface area contributed by atoms with Crippen LogP contribution in [0, 0.1) is 5.92 Å². The molecule has 2 saturated heterocycles. The summed E-state index contributed by atoms with van der Waals surface area (Å²) in [6, 6.07) is 0. The third-order valence-electron chi connectivity index (χ3n) is 3.71. The molecule has 0 N–H and O–H groups in total. The standard InChI is InChI=1S/C10H18FN/c1-8(2)10-4-5-12(10)7-9(3,11)6-10/h8H,4-7H2,1-3H3. The molecule has 1 nitrogen and oxygen atoms in total. The maximum atomic E-state index is 13.7. The lowest BCUT2D eigenvalue weighted by Crippen LogP contribution is -2.58. The number of alkyl halides is 1. The van der Waals surface area contributed by atoms with Crippen molar-refractivity contribution in [3.05, 3.63) is 0 Å². The van der Waals surface area contributed by atoms with E-state index in [1.807, 2.05) is 0 Å². The maximum absolute atomic E-state index is 13.7. The fourth-order valence-electron chi connectivity index (χ4n) is 2.94. The summed E-state index contributed by atoms with van der Waals surface area (Å²) < 4.78 is 13.7. The first-order chi connectivity index (χ1) is 5.46. The van der Waals surface area contributed by atoms with E-state index in [4.69, 9.17) is 0 Å². The Morgan fingerprint density at radius 1 is 1.42 bits per heavy atom. The number of rotatable bonds is 1. The van der Waals surface area contributed by atoms with Crippen LogP contribution in [0.2, 0.25) is 0 Å². The Hall–Kier alpha value is -0.110. The van der Waals surface area contributed by atoms with Gasteiger partial charge in [0, 0.05) is 25.0 Å². The smallest absolute Gasteiger partial charge is 0.122 e. The molecule has 0 aromatic heterocycles. The zero-order valence-electron chi connectivity index (χ0n) is 8.23. The van der Waals surface area contributed by atoms with Crippen LogP contribution in [0.1, 0.15) is 33.6 Å². The van der Waals surface area contributed by atoms with Crippen molar-refractivity contribution in [1.29, 1.82) is 0 Å². The monoisotopic (exact) mass is 171 g/mol. The molecular formula is C10H18FN. The van der Waals surface area contributed by atoms with Gasteiger partial charge < -0.3 is 0 Å². The fourth-order valence-corrected chi connectivity index (χ4v) is 2.94. The van der Waals surface area contributed by atoms with E-state index in [2.05, 4.69) is 18.7 Å². The van der Waals surface area contributed by atoms with E-state index in [9.17, 15) is 4.39 Å². The highest BCUT2D eigenvalue weighted by Gasteiger charge is 2.57. The second kappa shape index (κ2) is 2.22. The van der Waals surface area contributed by atoms with E-state index in [0.29, 0.717) is 12.5 Å². The van der Waals surface area contributed by atoms with Crippen LogP contribution in [0.4, 0.5) is 4.39 Å². The SMILES string of the molecule is CC(C)C12CCN1CC(C)(F)C2. The Labute approximate surface area is 73.9 Å². The Kier molecular flexibility index (Phi) is 1.57. The predicted octanol–water partition coefficient (Wildman–Crippen LogP) is 2.22. The molecule has 0 spiro atoms. The number of halogens is 1. The summed E-state index contributed by atoms with van der Waals surface area (Å²) in [4.78, 5) is 2.33. The second-order valence-electron chi connectivity index (χ2n) is 5.02. The molecule has 2 atom stereocenters. The molecule has 0 aromatic rings. The Morgan fingerprint density at radius 2 is 2.08 bits per heavy atom. The highest BCUT2D eigenvalue weighted by atomic mass is 19.1. The van der Waals surface area contributed by atoms with Crippen LogP contribution in [0.3, 0.4) is 0 Å². The summed E-state index contributed by atoms with van der Waals surface area (Å²) in [6.45, 7) is 7.94. The maximum Gasteiger partial charge on any atom is 0.122 e. The van der Waals surface area contributed by atoms with Gasteiger partial charge in [-0.2, -0.15) is 0 Å². The van der Waals surface area contributed by atoms with Gasteiger partial charge >= 0.3 is 0 Å². The van der Waals surface area contributed by atoms with Crippen LogP contribution in [0.5, 0.6) is 0 Å². The quantitative estimate of drug-likeness (QED) is 0.584. The predicted molar refractivity (Wildman–Crippen MR) is 47.9 cm³/mol. The van der Waals surface area contributed by atoms with Gasteiger partial charge in [0.25, 0.3) is 0 Å². The number of nitrogens with zero attached hydrogens (tertiary/aromatic N) is 1. The lowest BCUT2D eigenvalue weighted by atomic mass is 9.74. The molecule has 0 bridgehead atoms. The molecule has 0 aromatic carbocycles. The largest absolute Gasteiger partial charge is 0.294 e. The molecule has 0 aliphatic carbocycles. The molecule has 2 aliphatic heterocycles. The van der Waals surface area contributed by atoms with E-state index in [1.165, 1.54) is 6.42 Å². The summed E-state index contributed by atoms with van der Waals surface area (Å²) in [5, 5.41) is 0. The summed E-state index contributed by atoms with van der Waals surface area (Å²) in [6.07, 6.45) is 1.95. The number of hydrogen-bond donors (Lipinski definition) is 0. The lowest BCUT2D eigenvalue weighted by molar-refractivity contribution is -0.0116. The van der Waals surface area contributed by atoms with Gasteiger partial charge in [0.05, 0.1) is 0 Å². The Bertz CT molecular complexity index is 200. The third kappa shape index (κ3) is 0.936. The van der Waals surface area contributed by atoms with Gasteiger partial charge in [-0.25, -0.2) is 4.39 Å².